The van der Waals surface area contributed by atoms with Crippen LogP contribution in [0.2, 0.25) is 0 Å². The van der Waals surface area contributed by atoms with E-state index in [9.17, 15) is 14.4 Å². The summed E-state index contributed by atoms with van der Waals surface area (Å²) in [5, 5.41) is 0. The number of hydrogen-bond acceptors (Lipinski definition) is 4. The molecule has 1 heterocycles. The van der Waals surface area contributed by atoms with E-state index in [-0.39, 0.29) is 0 Å². The first-order chi connectivity index (χ1) is 8.47. The van der Waals surface area contributed by atoms with Crippen LogP contribution in [0.3, 0.4) is 0 Å². The van der Waals surface area contributed by atoms with Gasteiger partial charge >= 0.3 is 5.97 Å². The largest absolute Gasteiger partial charge is 0.468 e. The van der Waals surface area contributed by atoms with E-state index in [0.29, 0.717) is 15.6 Å². The molecular weight excluding hydrogens is 302 g/mol. The summed E-state index contributed by atoms with van der Waals surface area (Å²) in [6.45, 7) is 0. The first kappa shape index (κ1) is 12.8. The third kappa shape index (κ3) is 1.82. The highest BCUT2D eigenvalue weighted by atomic mass is 79.9. The number of halogens is 1. The monoisotopic (exact) mass is 311 g/mol. The highest BCUT2D eigenvalue weighted by molar-refractivity contribution is 9.10. The Labute approximate surface area is 112 Å². The number of carbonyl (C=O) groups is 3. The first-order valence-corrected chi connectivity index (χ1v) is 5.96. The molecule has 0 aliphatic carbocycles. The van der Waals surface area contributed by atoms with Gasteiger partial charge in [-0.25, -0.2) is 0 Å². The number of ether oxygens (including phenoxy) is 1. The van der Waals surface area contributed by atoms with Gasteiger partial charge in [0.15, 0.2) is 5.92 Å². The number of methoxy groups -OCH3 is 1. The van der Waals surface area contributed by atoms with Crippen LogP contribution < -0.4 is 0 Å². The standard InChI is InChI=1S/C12H10BrNO4/c1-14-10(15)7-4-3-6(13)5-8(7)9(11(14)16)12(17)18-2/h3-5,9H,1-2H3. The molecule has 0 aromatic heterocycles. The lowest BCUT2D eigenvalue weighted by atomic mass is 9.89. The Hall–Kier alpha value is -1.69. The Morgan fingerprint density at radius 2 is 2.06 bits per heavy atom. The lowest BCUT2D eigenvalue weighted by molar-refractivity contribution is -0.148. The molecule has 1 aliphatic heterocycles. The van der Waals surface area contributed by atoms with Gasteiger partial charge in [-0.3, -0.25) is 19.3 Å². The third-order valence-electron chi connectivity index (χ3n) is 2.87. The number of esters is 1. The van der Waals surface area contributed by atoms with Crippen LogP contribution in [-0.4, -0.2) is 36.8 Å². The van der Waals surface area contributed by atoms with Crippen LogP contribution in [0.5, 0.6) is 0 Å². The van der Waals surface area contributed by atoms with Crippen LogP contribution in [0.1, 0.15) is 21.8 Å². The minimum atomic E-state index is -1.08. The second-order valence-electron chi connectivity index (χ2n) is 3.89. The molecule has 0 radical (unpaired) electrons. The highest BCUT2D eigenvalue weighted by Gasteiger charge is 2.41. The van der Waals surface area contributed by atoms with Gasteiger partial charge < -0.3 is 4.74 Å². The van der Waals surface area contributed by atoms with Crippen molar-refractivity contribution in [1.82, 2.24) is 4.90 Å². The van der Waals surface area contributed by atoms with Gasteiger partial charge in [-0.2, -0.15) is 0 Å². The molecule has 0 N–H and O–H groups in total. The minimum Gasteiger partial charge on any atom is -0.468 e. The zero-order valence-corrected chi connectivity index (χ0v) is 11.4. The van der Waals surface area contributed by atoms with Crippen molar-refractivity contribution < 1.29 is 19.1 Å². The van der Waals surface area contributed by atoms with Crippen LogP contribution in [-0.2, 0) is 14.3 Å². The zero-order valence-electron chi connectivity index (χ0n) is 9.77. The van der Waals surface area contributed by atoms with Gasteiger partial charge in [0.2, 0.25) is 5.91 Å². The fourth-order valence-electron chi connectivity index (χ4n) is 1.92. The number of rotatable bonds is 1. The molecule has 2 amide bonds. The van der Waals surface area contributed by atoms with Gasteiger partial charge in [0.25, 0.3) is 5.91 Å². The number of amides is 2. The zero-order chi connectivity index (χ0) is 13.4. The molecule has 18 heavy (non-hydrogen) atoms. The molecule has 94 valence electrons. The number of fused-ring (bicyclic) bond motifs is 1. The maximum absolute atomic E-state index is 12.0. The van der Waals surface area contributed by atoms with Crippen LogP contribution in [0.25, 0.3) is 0 Å². The Kier molecular flexibility index (Phi) is 3.21. The van der Waals surface area contributed by atoms with Crippen molar-refractivity contribution in [2.75, 3.05) is 14.2 Å². The maximum atomic E-state index is 12.0. The molecule has 0 fully saturated rings. The van der Waals surface area contributed by atoms with Crippen molar-refractivity contribution in [2.24, 2.45) is 0 Å². The Balaban J connectivity index is 2.65. The summed E-state index contributed by atoms with van der Waals surface area (Å²) in [5.74, 6) is -2.73. The van der Waals surface area contributed by atoms with E-state index < -0.39 is 23.7 Å². The summed E-state index contributed by atoms with van der Waals surface area (Å²) >= 11 is 3.26. The molecule has 6 heteroatoms. The average molecular weight is 312 g/mol. The molecular formula is C12H10BrNO4. The molecule has 1 aromatic rings. The number of carbonyl (C=O) groups excluding carboxylic acids is 3. The van der Waals surface area contributed by atoms with Crippen molar-refractivity contribution in [3.8, 4) is 0 Å². The summed E-state index contributed by atoms with van der Waals surface area (Å²) in [6, 6.07) is 4.87. The number of benzene rings is 1. The normalized spacial score (nSPS) is 18.6. The van der Waals surface area contributed by atoms with Gasteiger partial charge in [-0.1, -0.05) is 15.9 Å². The minimum absolute atomic E-state index is 0.343. The second kappa shape index (κ2) is 4.53. The summed E-state index contributed by atoms with van der Waals surface area (Å²) in [5.41, 5.74) is 0.722. The van der Waals surface area contributed by atoms with Gasteiger partial charge in [0, 0.05) is 17.1 Å². The van der Waals surface area contributed by atoms with Gasteiger partial charge in [0.1, 0.15) is 0 Å². The van der Waals surface area contributed by atoms with Gasteiger partial charge in [0.05, 0.1) is 7.11 Å². The van der Waals surface area contributed by atoms with Crippen LogP contribution >= 0.6 is 15.9 Å². The summed E-state index contributed by atoms with van der Waals surface area (Å²) in [4.78, 5) is 36.6. The van der Waals surface area contributed by atoms with Crippen LogP contribution in [0.15, 0.2) is 22.7 Å². The van der Waals surface area contributed by atoms with Crippen LogP contribution in [0.4, 0.5) is 0 Å². The SMILES string of the molecule is COC(=O)C1C(=O)N(C)C(=O)c2ccc(Br)cc21. The van der Waals surface area contributed by atoms with Crippen molar-refractivity contribution in [2.45, 2.75) is 5.92 Å². The number of nitrogens with zero attached hydrogens (tertiary/aromatic N) is 1. The molecule has 0 saturated carbocycles. The van der Waals surface area contributed by atoms with E-state index in [0.717, 1.165) is 4.90 Å². The van der Waals surface area contributed by atoms with Gasteiger partial charge in [-0.05, 0) is 23.8 Å². The van der Waals surface area contributed by atoms with Crippen molar-refractivity contribution in [1.29, 1.82) is 0 Å². The van der Waals surface area contributed by atoms with E-state index in [1.54, 1.807) is 18.2 Å². The maximum Gasteiger partial charge on any atom is 0.322 e. The van der Waals surface area contributed by atoms with Crippen molar-refractivity contribution in [3.63, 3.8) is 0 Å². The predicted molar refractivity (Wildman–Crippen MR) is 66.0 cm³/mol. The average Bonchev–Trinajstić information content (AvgIpc) is 2.35. The number of imide groups is 1. The molecule has 1 unspecified atom stereocenters. The fraction of sp³-hybridized carbons (Fsp3) is 0.250. The topological polar surface area (TPSA) is 63.7 Å². The van der Waals surface area contributed by atoms with E-state index in [1.807, 2.05) is 0 Å². The molecule has 2 rings (SSSR count). The molecule has 0 spiro atoms. The summed E-state index contributed by atoms with van der Waals surface area (Å²) < 4.78 is 5.32. The van der Waals surface area contributed by atoms with Gasteiger partial charge in [-0.15, -0.1) is 0 Å². The second-order valence-corrected chi connectivity index (χ2v) is 4.81. The Morgan fingerprint density at radius 3 is 2.67 bits per heavy atom. The Morgan fingerprint density at radius 1 is 1.39 bits per heavy atom. The molecule has 1 aliphatic rings. The quantitative estimate of drug-likeness (QED) is 0.446. The fourth-order valence-corrected chi connectivity index (χ4v) is 2.30. The first-order valence-electron chi connectivity index (χ1n) is 5.16. The molecule has 1 atom stereocenters. The third-order valence-corrected chi connectivity index (χ3v) is 3.37. The Bertz CT molecular complexity index is 555. The molecule has 0 bridgehead atoms. The summed E-state index contributed by atoms with van der Waals surface area (Å²) in [7, 11) is 2.56. The lowest BCUT2D eigenvalue weighted by Crippen LogP contribution is -2.44. The molecule has 0 saturated heterocycles. The summed E-state index contributed by atoms with van der Waals surface area (Å²) in [6.07, 6.45) is 0. The van der Waals surface area contributed by atoms with E-state index in [1.165, 1.54) is 14.2 Å². The smallest absolute Gasteiger partial charge is 0.322 e. The highest BCUT2D eigenvalue weighted by Crippen LogP contribution is 2.31. The van der Waals surface area contributed by atoms with E-state index in [2.05, 4.69) is 20.7 Å². The predicted octanol–water partition coefficient (Wildman–Crippen LogP) is 1.32. The number of likely N-dealkylation sites (N-methyl/N-ethyl adjacent to an activating group) is 1. The van der Waals surface area contributed by atoms with E-state index in [4.69, 9.17) is 0 Å². The van der Waals surface area contributed by atoms with Crippen molar-refractivity contribution >= 4 is 33.7 Å². The van der Waals surface area contributed by atoms with Crippen LogP contribution in [0, 0.1) is 0 Å². The lowest BCUT2D eigenvalue weighted by Gasteiger charge is -2.28. The van der Waals surface area contributed by atoms with Crippen molar-refractivity contribution in [3.05, 3.63) is 33.8 Å². The molecule has 5 nitrogen and oxygen atoms in total. The van der Waals surface area contributed by atoms with E-state index >= 15 is 0 Å². The number of hydrogen-bond donors (Lipinski definition) is 0. The molecule has 1 aromatic carbocycles.